The number of rotatable bonds is 2. The van der Waals surface area contributed by atoms with E-state index in [9.17, 15) is 0 Å². The number of hydrogen-bond acceptors (Lipinski definition) is 8. The molecule has 116 valence electrons. The van der Waals surface area contributed by atoms with Gasteiger partial charge in [0.1, 0.15) is 5.82 Å². The average molecular weight is 329 g/mol. The molecule has 0 atom stereocenters. The Bertz CT molecular complexity index is 876. The Morgan fingerprint density at radius 2 is 1.83 bits per heavy atom. The van der Waals surface area contributed by atoms with Crippen molar-refractivity contribution in [2.75, 3.05) is 17.2 Å². The van der Waals surface area contributed by atoms with Gasteiger partial charge >= 0.3 is 0 Å². The number of pyridine rings is 2. The second kappa shape index (κ2) is 5.65. The molecule has 3 heterocycles. The first-order valence-electron chi connectivity index (χ1n) is 6.60. The molecular weight excluding hydrogens is 316 g/mol. The van der Waals surface area contributed by atoms with Gasteiger partial charge < -0.3 is 17.2 Å². The topological polar surface area (TPSA) is 143 Å². The molecule has 0 amide bonds. The van der Waals surface area contributed by atoms with Crippen LogP contribution in [0.2, 0.25) is 5.15 Å². The van der Waals surface area contributed by atoms with Crippen LogP contribution in [-0.2, 0) is 0 Å². The first-order chi connectivity index (χ1) is 11.0. The van der Waals surface area contributed by atoms with Crippen LogP contribution in [0.3, 0.4) is 0 Å². The fraction of sp³-hybridized carbons (Fsp3) is 0.0714. The quantitative estimate of drug-likeness (QED) is 0.603. The van der Waals surface area contributed by atoms with Gasteiger partial charge in [0, 0.05) is 11.8 Å². The Morgan fingerprint density at radius 1 is 1.04 bits per heavy atom. The Hall–Kier alpha value is -3.00. The largest absolute Gasteiger partial charge is 0.397 e. The Kier molecular flexibility index (Phi) is 3.67. The highest BCUT2D eigenvalue weighted by Gasteiger charge is 2.18. The number of aromatic nitrogens is 5. The van der Waals surface area contributed by atoms with Gasteiger partial charge in [-0.3, -0.25) is 4.98 Å². The van der Waals surface area contributed by atoms with E-state index in [0.717, 1.165) is 0 Å². The van der Waals surface area contributed by atoms with E-state index in [0.29, 0.717) is 34.2 Å². The van der Waals surface area contributed by atoms with Crippen molar-refractivity contribution in [3.63, 3.8) is 0 Å². The third-order valence-electron chi connectivity index (χ3n) is 3.15. The lowest BCUT2D eigenvalue weighted by atomic mass is 10.0. The molecule has 3 aromatic heterocycles. The summed E-state index contributed by atoms with van der Waals surface area (Å²) in [5.74, 6) is 0.997. The maximum atomic E-state index is 6.03. The number of nitrogens with two attached hydrogens (primary N) is 3. The molecule has 9 heteroatoms. The van der Waals surface area contributed by atoms with Crippen molar-refractivity contribution in [3.05, 3.63) is 35.5 Å². The number of nitrogens with zero attached hydrogens (tertiary/aromatic N) is 5. The number of nitrogen functional groups attached to an aromatic ring is 3. The molecule has 0 saturated heterocycles. The Balaban J connectivity index is 2.30. The van der Waals surface area contributed by atoms with Gasteiger partial charge in [0.15, 0.2) is 11.0 Å². The molecule has 0 saturated carbocycles. The van der Waals surface area contributed by atoms with Gasteiger partial charge in [-0.2, -0.15) is 9.97 Å². The van der Waals surface area contributed by atoms with Crippen LogP contribution in [-0.4, -0.2) is 24.9 Å². The van der Waals surface area contributed by atoms with Crippen molar-refractivity contribution in [2.24, 2.45) is 0 Å². The molecule has 0 radical (unpaired) electrons. The summed E-state index contributed by atoms with van der Waals surface area (Å²) in [6.07, 6.45) is 3.04. The summed E-state index contributed by atoms with van der Waals surface area (Å²) in [7, 11) is 0. The van der Waals surface area contributed by atoms with Gasteiger partial charge in [0.2, 0.25) is 5.95 Å². The third kappa shape index (κ3) is 2.71. The second-order valence-electron chi connectivity index (χ2n) is 4.76. The molecule has 23 heavy (non-hydrogen) atoms. The van der Waals surface area contributed by atoms with Crippen molar-refractivity contribution in [2.45, 2.75) is 6.92 Å². The highest BCUT2D eigenvalue weighted by molar-refractivity contribution is 6.32. The van der Waals surface area contributed by atoms with E-state index in [1.165, 1.54) is 6.20 Å². The molecule has 0 unspecified atom stereocenters. The van der Waals surface area contributed by atoms with Gasteiger partial charge in [-0.1, -0.05) is 11.6 Å². The first kappa shape index (κ1) is 14.9. The lowest BCUT2D eigenvalue weighted by molar-refractivity contribution is 0.995. The predicted octanol–water partition coefficient (Wildman–Crippen LogP) is 1.70. The lowest BCUT2D eigenvalue weighted by Crippen LogP contribution is -2.05. The molecular formula is C14H13ClN8. The average Bonchev–Trinajstić information content (AvgIpc) is 2.51. The number of halogens is 1. The van der Waals surface area contributed by atoms with E-state index >= 15 is 0 Å². The van der Waals surface area contributed by atoms with Crippen molar-refractivity contribution < 1.29 is 0 Å². The summed E-state index contributed by atoms with van der Waals surface area (Å²) in [6.45, 7) is 1.73. The van der Waals surface area contributed by atoms with Crippen LogP contribution in [0.15, 0.2) is 24.5 Å². The summed E-state index contributed by atoms with van der Waals surface area (Å²) in [4.78, 5) is 20.7. The summed E-state index contributed by atoms with van der Waals surface area (Å²) in [6, 6.07) is 3.55. The summed E-state index contributed by atoms with van der Waals surface area (Å²) in [5.41, 5.74) is 19.9. The monoisotopic (exact) mass is 328 g/mol. The van der Waals surface area contributed by atoms with E-state index < -0.39 is 0 Å². The van der Waals surface area contributed by atoms with Crippen LogP contribution < -0.4 is 17.2 Å². The predicted molar refractivity (Wildman–Crippen MR) is 89.3 cm³/mol. The normalized spacial score (nSPS) is 10.7. The molecule has 0 bridgehead atoms. The van der Waals surface area contributed by atoms with Crippen LogP contribution in [0.5, 0.6) is 0 Å². The molecule has 6 N–H and O–H groups in total. The molecule has 8 nitrogen and oxygen atoms in total. The lowest BCUT2D eigenvalue weighted by Gasteiger charge is -2.13. The van der Waals surface area contributed by atoms with Crippen molar-refractivity contribution in [3.8, 4) is 22.6 Å². The minimum absolute atomic E-state index is 0.121. The zero-order valence-corrected chi connectivity index (χ0v) is 12.9. The van der Waals surface area contributed by atoms with Gasteiger partial charge in [-0.15, -0.1) is 0 Å². The zero-order chi connectivity index (χ0) is 16.6. The van der Waals surface area contributed by atoms with Crippen LogP contribution in [0.25, 0.3) is 22.6 Å². The Labute approximate surface area is 136 Å². The van der Waals surface area contributed by atoms with Crippen molar-refractivity contribution >= 4 is 28.9 Å². The van der Waals surface area contributed by atoms with Crippen molar-refractivity contribution in [1.82, 2.24) is 24.9 Å². The van der Waals surface area contributed by atoms with E-state index in [2.05, 4.69) is 24.9 Å². The molecule has 0 aliphatic carbocycles. The molecule has 0 aliphatic heterocycles. The van der Waals surface area contributed by atoms with Crippen LogP contribution in [0, 0.1) is 6.92 Å². The molecule has 3 aromatic rings. The fourth-order valence-corrected chi connectivity index (χ4v) is 2.33. The van der Waals surface area contributed by atoms with Gasteiger partial charge in [-0.05, 0) is 19.1 Å². The minimum atomic E-state index is 0.121. The van der Waals surface area contributed by atoms with Crippen LogP contribution >= 0.6 is 11.6 Å². The van der Waals surface area contributed by atoms with Crippen molar-refractivity contribution in [1.29, 1.82) is 0 Å². The highest BCUT2D eigenvalue weighted by atomic mass is 35.5. The standard InChI is InChI=1S/C14H13ClN8/c1-6-21-13(23-14(18)22-6)7-3-2-4-19-11(7)9-8(16)5-20-12(15)10(9)17/h2-5H,16-17H2,1H3,(H2,18,21,22,23). The van der Waals surface area contributed by atoms with Crippen LogP contribution in [0.4, 0.5) is 17.3 Å². The number of aryl methyl sites for hydroxylation is 1. The van der Waals surface area contributed by atoms with E-state index in [-0.39, 0.29) is 16.8 Å². The molecule has 0 spiro atoms. The van der Waals surface area contributed by atoms with Gasteiger partial charge in [0.05, 0.1) is 28.8 Å². The van der Waals surface area contributed by atoms with E-state index in [1.54, 1.807) is 25.3 Å². The Morgan fingerprint density at radius 3 is 2.57 bits per heavy atom. The minimum Gasteiger partial charge on any atom is -0.397 e. The maximum absolute atomic E-state index is 6.03. The molecule has 3 rings (SSSR count). The summed E-state index contributed by atoms with van der Waals surface area (Å²) >= 11 is 6.00. The maximum Gasteiger partial charge on any atom is 0.223 e. The molecule has 0 fully saturated rings. The fourth-order valence-electron chi connectivity index (χ4n) is 2.19. The summed E-state index contributed by atoms with van der Waals surface area (Å²) in [5, 5.41) is 0.150. The highest BCUT2D eigenvalue weighted by Crippen LogP contribution is 2.38. The number of hydrogen-bond donors (Lipinski definition) is 3. The zero-order valence-electron chi connectivity index (χ0n) is 12.2. The van der Waals surface area contributed by atoms with Crippen LogP contribution in [0.1, 0.15) is 5.82 Å². The molecule has 0 aromatic carbocycles. The van der Waals surface area contributed by atoms with E-state index in [4.69, 9.17) is 28.8 Å². The number of anilines is 3. The smallest absolute Gasteiger partial charge is 0.223 e. The first-order valence-corrected chi connectivity index (χ1v) is 6.98. The second-order valence-corrected chi connectivity index (χ2v) is 5.12. The van der Waals surface area contributed by atoms with E-state index in [1.807, 2.05) is 0 Å². The van der Waals surface area contributed by atoms with Gasteiger partial charge in [0.25, 0.3) is 0 Å². The summed E-state index contributed by atoms with van der Waals surface area (Å²) < 4.78 is 0. The molecule has 0 aliphatic rings. The SMILES string of the molecule is Cc1nc(N)nc(-c2cccnc2-c2c(N)cnc(Cl)c2N)n1. The van der Waals surface area contributed by atoms with Gasteiger partial charge in [-0.25, -0.2) is 9.97 Å². The third-order valence-corrected chi connectivity index (χ3v) is 3.45.